The highest BCUT2D eigenvalue weighted by atomic mass is 32.1. The van der Waals surface area contributed by atoms with E-state index in [9.17, 15) is 0 Å². The average Bonchev–Trinajstić information content (AvgIpc) is 3.47. The fraction of sp³-hybridized carbons (Fsp3) is 0.0500. The minimum atomic E-state index is 0.827. The standard InChI is InChI=1S/C20H15N5OS/c1-26-15-5-2-13(3-6-15)19-16(10-23-24-19)14-4-7-18-22-11-17(25(18)12-14)20-21-8-9-27-20/h2-12H,1H3,(H,23,24). The predicted octanol–water partition coefficient (Wildman–Crippen LogP) is 4.52. The summed E-state index contributed by atoms with van der Waals surface area (Å²) in [4.78, 5) is 8.90. The van der Waals surface area contributed by atoms with E-state index in [-0.39, 0.29) is 0 Å². The first-order valence-corrected chi connectivity index (χ1v) is 9.26. The van der Waals surface area contributed by atoms with E-state index in [0.717, 1.165) is 44.5 Å². The van der Waals surface area contributed by atoms with Crippen molar-refractivity contribution in [2.75, 3.05) is 7.11 Å². The summed E-state index contributed by atoms with van der Waals surface area (Å²) in [6, 6.07) is 12.0. The zero-order valence-corrected chi connectivity index (χ0v) is 15.3. The van der Waals surface area contributed by atoms with E-state index in [1.807, 2.05) is 48.1 Å². The van der Waals surface area contributed by atoms with Crippen molar-refractivity contribution in [3.63, 3.8) is 0 Å². The maximum absolute atomic E-state index is 5.25. The van der Waals surface area contributed by atoms with Gasteiger partial charge in [0.15, 0.2) is 0 Å². The first-order chi connectivity index (χ1) is 13.3. The Balaban J connectivity index is 1.62. The quantitative estimate of drug-likeness (QED) is 0.503. The van der Waals surface area contributed by atoms with E-state index in [1.165, 1.54) is 0 Å². The van der Waals surface area contributed by atoms with Crippen molar-refractivity contribution in [2.24, 2.45) is 0 Å². The summed E-state index contributed by atoms with van der Waals surface area (Å²) in [7, 11) is 1.66. The lowest BCUT2D eigenvalue weighted by Crippen LogP contribution is -1.90. The zero-order chi connectivity index (χ0) is 18.2. The molecule has 4 heterocycles. The van der Waals surface area contributed by atoms with Crippen molar-refractivity contribution in [3.05, 3.63) is 66.6 Å². The van der Waals surface area contributed by atoms with Crippen LogP contribution in [0.1, 0.15) is 0 Å². The third kappa shape index (κ3) is 2.69. The van der Waals surface area contributed by atoms with E-state index < -0.39 is 0 Å². The Morgan fingerprint density at radius 1 is 1.00 bits per heavy atom. The molecular formula is C20H15N5OS. The van der Waals surface area contributed by atoms with Crippen LogP contribution in [0.4, 0.5) is 0 Å². The minimum absolute atomic E-state index is 0.827. The van der Waals surface area contributed by atoms with Crippen LogP contribution in [0.3, 0.4) is 0 Å². The van der Waals surface area contributed by atoms with E-state index in [1.54, 1.807) is 24.6 Å². The number of fused-ring (bicyclic) bond motifs is 1. The smallest absolute Gasteiger partial charge is 0.141 e. The van der Waals surface area contributed by atoms with Crippen LogP contribution >= 0.6 is 11.3 Å². The third-order valence-electron chi connectivity index (χ3n) is 4.49. The van der Waals surface area contributed by atoms with Gasteiger partial charge in [0.05, 0.1) is 25.2 Å². The van der Waals surface area contributed by atoms with Crippen LogP contribution in [0.25, 0.3) is 38.7 Å². The number of ether oxygens (including phenoxy) is 1. The molecule has 0 aliphatic carbocycles. The van der Waals surface area contributed by atoms with Gasteiger partial charge >= 0.3 is 0 Å². The monoisotopic (exact) mass is 373 g/mol. The summed E-state index contributed by atoms with van der Waals surface area (Å²) in [5.74, 6) is 0.827. The second kappa shape index (κ2) is 6.37. The number of nitrogens with one attached hydrogen (secondary N) is 1. The maximum atomic E-state index is 5.25. The number of benzene rings is 1. The Hall–Kier alpha value is -3.45. The van der Waals surface area contributed by atoms with Gasteiger partial charge < -0.3 is 4.74 Å². The van der Waals surface area contributed by atoms with Crippen molar-refractivity contribution in [1.82, 2.24) is 24.6 Å². The van der Waals surface area contributed by atoms with Gasteiger partial charge in [0.25, 0.3) is 0 Å². The lowest BCUT2D eigenvalue weighted by atomic mass is 10.0. The predicted molar refractivity (Wildman–Crippen MR) is 106 cm³/mol. The van der Waals surface area contributed by atoms with Crippen LogP contribution in [0.15, 0.2) is 66.6 Å². The number of aromatic amines is 1. The molecule has 132 valence electrons. The van der Waals surface area contributed by atoms with E-state index >= 15 is 0 Å². The van der Waals surface area contributed by atoms with Gasteiger partial charge in [-0.25, -0.2) is 9.97 Å². The van der Waals surface area contributed by atoms with Crippen molar-refractivity contribution < 1.29 is 4.74 Å². The molecule has 0 fully saturated rings. The molecule has 0 unspecified atom stereocenters. The molecule has 0 saturated carbocycles. The largest absolute Gasteiger partial charge is 0.497 e. The molecule has 5 aromatic rings. The molecular weight excluding hydrogens is 358 g/mol. The van der Waals surface area contributed by atoms with Gasteiger partial charge in [-0.05, 0) is 36.4 Å². The fourth-order valence-corrected chi connectivity index (χ4v) is 3.77. The van der Waals surface area contributed by atoms with Crippen LogP contribution in [0, 0.1) is 0 Å². The van der Waals surface area contributed by atoms with Gasteiger partial charge in [0, 0.05) is 34.5 Å². The second-order valence-corrected chi connectivity index (χ2v) is 6.91. The summed E-state index contributed by atoms with van der Waals surface area (Å²) in [6.07, 6.45) is 7.59. The molecule has 0 bridgehead atoms. The molecule has 0 aliphatic rings. The number of nitrogens with zero attached hydrogens (tertiary/aromatic N) is 4. The second-order valence-electron chi connectivity index (χ2n) is 6.01. The Morgan fingerprint density at radius 2 is 1.85 bits per heavy atom. The molecule has 0 radical (unpaired) electrons. The van der Waals surface area contributed by atoms with E-state index in [4.69, 9.17) is 4.74 Å². The van der Waals surface area contributed by atoms with Gasteiger partial charge in [-0.1, -0.05) is 0 Å². The number of pyridine rings is 1. The highest BCUT2D eigenvalue weighted by Gasteiger charge is 2.13. The highest BCUT2D eigenvalue weighted by molar-refractivity contribution is 7.13. The van der Waals surface area contributed by atoms with Crippen molar-refractivity contribution >= 4 is 17.0 Å². The van der Waals surface area contributed by atoms with E-state index in [0.29, 0.717) is 0 Å². The normalized spacial score (nSPS) is 11.1. The van der Waals surface area contributed by atoms with Crippen LogP contribution in [-0.2, 0) is 0 Å². The number of thiazole rings is 1. The molecule has 1 N–H and O–H groups in total. The van der Waals surface area contributed by atoms with Crippen LogP contribution in [-0.4, -0.2) is 31.7 Å². The molecule has 7 heteroatoms. The Morgan fingerprint density at radius 3 is 2.63 bits per heavy atom. The fourth-order valence-electron chi connectivity index (χ4n) is 3.13. The summed E-state index contributed by atoms with van der Waals surface area (Å²) in [5, 5.41) is 10.3. The molecule has 27 heavy (non-hydrogen) atoms. The van der Waals surface area contributed by atoms with Gasteiger partial charge in [-0.3, -0.25) is 9.50 Å². The number of H-pyrrole nitrogens is 1. The molecule has 0 atom stereocenters. The van der Waals surface area contributed by atoms with Gasteiger partial charge in [-0.15, -0.1) is 11.3 Å². The summed E-state index contributed by atoms with van der Waals surface area (Å²) in [6.45, 7) is 0. The maximum Gasteiger partial charge on any atom is 0.141 e. The summed E-state index contributed by atoms with van der Waals surface area (Å²) < 4.78 is 7.32. The van der Waals surface area contributed by atoms with Crippen LogP contribution in [0.2, 0.25) is 0 Å². The van der Waals surface area contributed by atoms with Crippen LogP contribution in [0.5, 0.6) is 5.75 Å². The van der Waals surface area contributed by atoms with Crippen molar-refractivity contribution in [2.45, 2.75) is 0 Å². The molecule has 0 spiro atoms. The molecule has 0 saturated heterocycles. The first kappa shape index (κ1) is 15.8. The summed E-state index contributed by atoms with van der Waals surface area (Å²) >= 11 is 1.60. The molecule has 4 aromatic heterocycles. The van der Waals surface area contributed by atoms with Gasteiger partial charge in [0.2, 0.25) is 0 Å². The Labute approximate surface area is 159 Å². The molecule has 0 amide bonds. The van der Waals surface area contributed by atoms with Crippen LogP contribution < -0.4 is 4.74 Å². The number of methoxy groups -OCH3 is 1. The lowest BCUT2D eigenvalue weighted by molar-refractivity contribution is 0.415. The van der Waals surface area contributed by atoms with E-state index in [2.05, 4.69) is 36.8 Å². The average molecular weight is 373 g/mol. The number of imidazole rings is 1. The molecule has 0 aliphatic heterocycles. The Kier molecular flexibility index (Phi) is 3.72. The SMILES string of the molecule is COc1ccc(-c2[nH]ncc2-c2ccc3ncc(-c4nccs4)n3c2)cc1. The first-order valence-electron chi connectivity index (χ1n) is 8.38. The lowest BCUT2D eigenvalue weighted by Gasteiger charge is -2.07. The number of hydrogen-bond donors (Lipinski definition) is 1. The zero-order valence-electron chi connectivity index (χ0n) is 14.5. The Bertz CT molecular complexity index is 1210. The summed E-state index contributed by atoms with van der Waals surface area (Å²) in [5.41, 5.74) is 5.97. The topological polar surface area (TPSA) is 68.1 Å². The molecule has 1 aromatic carbocycles. The third-order valence-corrected chi connectivity index (χ3v) is 5.28. The highest BCUT2D eigenvalue weighted by Crippen LogP contribution is 2.32. The van der Waals surface area contributed by atoms with Gasteiger partial charge in [0.1, 0.15) is 22.1 Å². The molecule has 6 nitrogen and oxygen atoms in total. The van der Waals surface area contributed by atoms with Gasteiger partial charge in [-0.2, -0.15) is 5.10 Å². The number of aromatic nitrogens is 5. The molecule has 5 rings (SSSR count). The number of hydrogen-bond acceptors (Lipinski definition) is 5. The minimum Gasteiger partial charge on any atom is -0.497 e. The van der Waals surface area contributed by atoms with Crippen molar-refractivity contribution in [1.29, 1.82) is 0 Å². The number of rotatable bonds is 4. The van der Waals surface area contributed by atoms with Crippen molar-refractivity contribution in [3.8, 4) is 38.8 Å².